The van der Waals surface area contributed by atoms with Gasteiger partial charge in [0.25, 0.3) is 0 Å². The highest BCUT2D eigenvalue weighted by Gasteiger charge is 2.32. The van der Waals surface area contributed by atoms with Crippen molar-refractivity contribution in [3.63, 3.8) is 0 Å². The van der Waals surface area contributed by atoms with E-state index >= 15 is 0 Å². The van der Waals surface area contributed by atoms with Crippen molar-refractivity contribution >= 4 is 10.0 Å². The molecule has 1 N–H and O–H groups in total. The fourth-order valence-electron chi connectivity index (χ4n) is 2.92. The van der Waals surface area contributed by atoms with Crippen LogP contribution in [-0.2, 0) is 15.8 Å². The van der Waals surface area contributed by atoms with E-state index in [-0.39, 0.29) is 17.6 Å². The highest BCUT2D eigenvalue weighted by molar-refractivity contribution is 7.88. The van der Waals surface area contributed by atoms with Crippen molar-refractivity contribution in [1.29, 1.82) is 0 Å². The van der Waals surface area contributed by atoms with E-state index in [1.54, 1.807) is 0 Å². The van der Waals surface area contributed by atoms with Crippen LogP contribution in [0.1, 0.15) is 31.2 Å². The molecule has 0 spiro atoms. The standard InChI is InChI=1S/C15H21FN2O2S/c16-13-3-1-12(2-4-13)11-21(19,20)17-14-7-9-18(10-8-14)15-5-6-15/h1-4,14-15,17H,5-11H2. The summed E-state index contributed by atoms with van der Waals surface area (Å²) in [5, 5.41) is 0. The number of benzene rings is 1. The van der Waals surface area contributed by atoms with Gasteiger partial charge in [-0.2, -0.15) is 0 Å². The van der Waals surface area contributed by atoms with Gasteiger partial charge in [-0.1, -0.05) is 12.1 Å². The molecular formula is C15H21FN2O2S. The van der Waals surface area contributed by atoms with Crippen LogP contribution < -0.4 is 4.72 Å². The zero-order valence-corrected chi connectivity index (χ0v) is 12.8. The molecule has 116 valence electrons. The van der Waals surface area contributed by atoms with E-state index in [4.69, 9.17) is 0 Å². The van der Waals surface area contributed by atoms with E-state index in [0.717, 1.165) is 32.0 Å². The number of halogens is 1. The Morgan fingerprint density at radius 1 is 1.10 bits per heavy atom. The van der Waals surface area contributed by atoms with E-state index in [1.165, 1.54) is 37.1 Å². The number of nitrogens with zero attached hydrogens (tertiary/aromatic N) is 1. The maximum Gasteiger partial charge on any atom is 0.216 e. The molecule has 21 heavy (non-hydrogen) atoms. The average molecular weight is 312 g/mol. The van der Waals surface area contributed by atoms with Crippen molar-refractivity contribution in [2.24, 2.45) is 0 Å². The molecule has 1 saturated carbocycles. The van der Waals surface area contributed by atoms with Gasteiger partial charge in [0.1, 0.15) is 5.82 Å². The number of piperidine rings is 1. The molecule has 0 amide bonds. The molecule has 1 saturated heterocycles. The van der Waals surface area contributed by atoms with Crippen LogP contribution in [0.15, 0.2) is 24.3 Å². The monoisotopic (exact) mass is 312 g/mol. The molecule has 0 bridgehead atoms. The van der Waals surface area contributed by atoms with E-state index in [1.807, 2.05) is 0 Å². The minimum Gasteiger partial charge on any atom is -0.300 e. The molecular weight excluding hydrogens is 291 g/mol. The smallest absolute Gasteiger partial charge is 0.216 e. The van der Waals surface area contributed by atoms with Gasteiger partial charge in [-0.25, -0.2) is 17.5 Å². The molecule has 1 aliphatic heterocycles. The first-order chi connectivity index (χ1) is 10.0. The normalized spacial score (nSPS) is 21.6. The van der Waals surface area contributed by atoms with Crippen LogP contribution in [0.2, 0.25) is 0 Å². The quantitative estimate of drug-likeness (QED) is 0.903. The Labute approximate surface area is 125 Å². The number of hydrogen-bond donors (Lipinski definition) is 1. The fraction of sp³-hybridized carbons (Fsp3) is 0.600. The molecule has 1 aromatic carbocycles. The summed E-state index contributed by atoms with van der Waals surface area (Å²) >= 11 is 0. The molecule has 0 radical (unpaired) electrons. The predicted octanol–water partition coefficient (Wildman–Crippen LogP) is 1.87. The van der Waals surface area contributed by atoms with Crippen molar-refractivity contribution in [3.05, 3.63) is 35.6 Å². The van der Waals surface area contributed by atoms with Crippen LogP contribution in [0.5, 0.6) is 0 Å². The largest absolute Gasteiger partial charge is 0.300 e. The van der Waals surface area contributed by atoms with E-state index < -0.39 is 10.0 Å². The van der Waals surface area contributed by atoms with Gasteiger partial charge in [0.05, 0.1) is 5.75 Å². The molecule has 2 aliphatic rings. The Morgan fingerprint density at radius 2 is 1.71 bits per heavy atom. The van der Waals surface area contributed by atoms with Crippen LogP contribution in [0.4, 0.5) is 4.39 Å². The van der Waals surface area contributed by atoms with E-state index in [0.29, 0.717) is 5.56 Å². The maximum atomic E-state index is 12.8. The van der Waals surface area contributed by atoms with Gasteiger partial charge in [-0.15, -0.1) is 0 Å². The molecule has 1 heterocycles. The molecule has 2 fully saturated rings. The van der Waals surface area contributed by atoms with Crippen molar-refractivity contribution in [2.45, 2.75) is 43.5 Å². The lowest BCUT2D eigenvalue weighted by atomic mass is 10.1. The number of nitrogens with one attached hydrogen (secondary N) is 1. The first-order valence-corrected chi connectivity index (χ1v) is 9.15. The Bertz CT molecular complexity index is 576. The summed E-state index contributed by atoms with van der Waals surface area (Å²) < 4.78 is 39.9. The second kappa shape index (κ2) is 6.02. The summed E-state index contributed by atoms with van der Waals surface area (Å²) in [6, 6.07) is 6.40. The van der Waals surface area contributed by atoms with Gasteiger partial charge in [-0.3, -0.25) is 0 Å². The van der Waals surface area contributed by atoms with Gasteiger partial charge in [-0.05, 0) is 56.5 Å². The van der Waals surface area contributed by atoms with Crippen LogP contribution in [-0.4, -0.2) is 38.5 Å². The highest BCUT2D eigenvalue weighted by atomic mass is 32.2. The van der Waals surface area contributed by atoms with Crippen molar-refractivity contribution in [3.8, 4) is 0 Å². The van der Waals surface area contributed by atoms with Gasteiger partial charge in [0.15, 0.2) is 0 Å². The Balaban J connectivity index is 1.52. The lowest BCUT2D eigenvalue weighted by Gasteiger charge is -2.32. The van der Waals surface area contributed by atoms with E-state index in [9.17, 15) is 12.8 Å². The van der Waals surface area contributed by atoms with Crippen LogP contribution in [0.25, 0.3) is 0 Å². The molecule has 4 nitrogen and oxygen atoms in total. The summed E-state index contributed by atoms with van der Waals surface area (Å²) in [6.45, 7) is 1.96. The minimum atomic E-state index is -3.36. The lowest BCUT2D eigenvalue weighted by Crippen LogP contribution is -2.45. The second-order valence-electron chi connectivity index (χ2n) is 6.04. The SMILES string of the molecule is O=S(=O)(Cc1ccc(F)cc1)NC1CCN(C2CC2)CC1. The third-order valence-electron chi connectivity index (χ3n) is 4.21. The van der Waals surface area contributed by atoms with Crippen molar-refractivity contribution in [1.82, 2.24) is 9.62 Å². The molecule has 1 aromatic rings. The minimum absolute atomic E-state index is 0.0328. The zero-order valence-electron chi connectivity index (χ0n) is 12.0. The number of rotatable bonds is 5. The van der Waals surface area contributed by atoms with Gasteiger partial charge in [0, 0.05) is 12.1 Å². The Morgan fingerprint density at radius 3 is 2.29 bits per heavy atom. The molecule has 3 rings (SSSR count). The summed E-state index contributed by atoms with van der Waals surface area (Å²) in [6.07, 6.45) is 4.33. The maximum absolute atomic E-state index is 12.8. The van der Waals surface area contributed by atoms with Crippen molar-refractivity contribution in [2.75, 3.05) is 13.1 Å². The average Bonchev–Trinajstić information content (AvgIpc) is 3.26. The third-order valence-corrected chi connectivity index (χ3v) is 5.61. The number of likely N-dealkylation sites (tertiary alicyclic amines) is 1. The summed E-state index contributed by atoms with van der Waals surface area (Å²) in [5.41, 5.74) is 0.610. The van der Waals surface area contributed by atoms with Gasteiger partial charge < -0.3 is 4.90 Å². The first-order valence-electron chi connectivity index (χ1n) is 7.50. The molecule has 6 heteroatoms. The van der Waals surface area contributed by atoms with Crippen LogP contribution in [0, 0.1) is 5.82 Å². The highest BCUT2D eigenvalue weighted by Crippen LogP contribution is 2.29. The Kier molecular flexibility index (Phi) is 4.28. The number of hydrogen-bond acceptors (Lipinski definition) is 3. The summed E-state index contributed by atoms with van der Waals surface area (Å²) in [7, 11) is -3.36. The van der Waals surface area contributed by atoms with Gasteiger partial charge in [0.2, 0.25) is 10.0 Å². The summed E-state index contributed by atoms with van der Waals surface area (Å²) in [5.74, 6) is -0.438. The third kappa shape index (κ3) is 4.25. The van der Waals surface area contributed by atoms with Crippen LogP contribution >= 0.6 is 0 Å². The molecule has 0 unspecified atom stereocenters. The van der Waals surface area contributed by atoms with E-state index in [2.05, 4.69) is 9.62 Å². The second-order valence-corrected chi connectivity index (χ2v) is 7.80. The molecule has 1 aliphatic carbocycles. The van der Waals surface area contributed by atoms with Crippen LogP contribution in [0.3, 0.4) is 0 Å². The lowest BCUT2D eigenvalue weighted by molar-refractivity contribution is 0.199. The summed E-state index contributed by atoms with van der Waals surface area (Å²) in [4.78, 5) is 2.46. The number of sulfonamides is 1. The topological polar surface area (TPSA) is 49.4 Å². The van der Waals surface area contributed by atoms with Crippen molar-refractivity contribution < 1.29 is 12.8 Å². The fourth-order valence-corrected chi connectivity index (χ4v) is 4.38. The molecule has 0 atom stereocenters. The molecule has 0 aromatic heterocycles. The first kappa shape index (κ1) is 14.9. The zero-order chi connectivity index (χ0) is 14.9. The Hall–Kier alpha value is -0.980. The predicted molar refractivity (Wildman–Crippen MR) is 79.8 cm³/mol. The van der Waals surface area contributed by atoms with Gasteiger partial charge >= 0.3 is 0 Å².